The van der Waals surface area contributed by atoms with Gasteiger partial charge in [-0.2, -0.15) is 0 Å². The quantitative estimate of drug-likeness (QED) is 0.813. The van der Waals surface area contributed by atoms with Gasteiger partial charge in [-0.1, -0.05) is 29.3 Å². The van der Waals surface area contributed by atoms with E-state index in [9.17, 15) is 4.79 Å². The standard InChI is InChI=1S/C13H20N2O/c1-8(2)15-12(13(14)16)11-6-9(3)5-10(4)7-11/h5-8,12,15H,1-4H3,(H2,14,16). The number of nitrogens with one attached hydrogen (secondary N) is 1. The third kappa shape index (κ3) is 3.35. The van der Waals surface area contributed by atoms with Crippen LogP contribution >= 0.6 is 0 Å². The summed E-state index contributed by atoms with van der Waals surface area (Å²) in [5.74, 6) is -0.335. The lowest BCUT2D eigenvalue weighted by molar-refractivity contribution is -0.120. The Morgan fingerprint density at radius 2 is 1.69 bits per heavy atom. The van der Waals surface area contributed by atoms with Crippen LogP contribution in [0.1, 0.15) is 36.6 Å². The van der Waals surface area contributed by atoms with Crippen molar-refractivity contribution >= 4 is 5.91 Å². The summed E-state index contributed by atoms with van der Waals surface area (Å²) in [5.41, 5.74) is 8.65. The van der Waals surface area contributed by atoms with Gasteiger partial charge in [-0.05, 0) is 33.3 Å². The highest BCUT2D eigenvalue weighted by molar-refractivity contribution is 5.81. The molecule has 1 amide bonds. The number of hydrogen-bond donors (Lipinski definition) is 2. The predicted molar refractivity (Wildman–Crippen MR) is 66.1 cm³/mol. The first-order valence-corrected chi connectivity index (χ1v) is 5.53. The second-order valence-corrected chi connectivity index (χ2v) is 4.58. The lowest BCUT2D eigenvalue weighted by Crippen LogP contribution is -2.37. The Hall–Kier alpha value is -1.35. The SMILES string of the molecule is Cc1cc(C)cc(C(NC(C)C)C(N)=O)c1. The third-order valence-corrected chi connectivity index (χ3v) is 2.36. The van der Waals surface area contributed by atoms with E-state index >= 15 is 0 Å². The summed E-state index contributed by atoms with van der Waals surface area (Å²) < 4.78 is 0. The van der Waals surface area contributed by atoms with Crippen molar-refractivity contribution in [3.05, 3.63) is 34.9 Å². The van der Waals surface area contributed by atoms with E-state index in [2.05, 4.69) is 11.4 Å². The smallest absolute Gasteiger partial charge is 0.239 e. The first kappa shape index (κ1) is 12.7. The van der Waals surface area contributed by atoms with Gasteiger partial charge >= 0.3 is 0 Å². The number of primary amides is 1. The average Bonchev–Trinajstić information content (AvgIpc) is 2.11. The molecule has 0 heterocycles. The highest BCUT2D eigenvalue weighted by atomic mass is 16.1. The number of aryl methyl sites for hydroxylation is 2. The molecule has 1 unspecified atom stereocenters. The zero-order valence-electron chi connectivity index (χ0n) is 10.4. The van der Waals surface area contributed by atoms with Crippen molar-refractivity contribution in [1.82, 2.24) is 5.32 Å². The van der Waals surface area contributed by atoms with Crippen molar-refractivity contribution in [1.29, 1.82) is 0 Å². The molecule has 88 valence electrons. The maximum absolute atomic E-state index is 11.4. The summed E-state index contributed by atoms with van der Waals surface area (Å²) in [6.07, 6.45) is 0. The summed E-state index contributed by atoms with van der Waals surface area (Å²) in [6.45, 7) is 8.03. The zero-order chi connectivity index (χ0) is 12.3. The van der Waals surface area contributed by atoms with Crippen LogP contribution in [0, 0.1) is 13.8 Å². The monoisotopic (exact) mass is 220 g/mol. The Bertz CT molecular complexity index is 365. The minimum Gasteiger partial charge on any atom is -0.368 e. The van der Waals surface area contributed by atoms with Gasteiger partial charge in [0.2, 0.25) is 5.91 Å². The normalized spacial score (nSPS) is 12.8. The zero-order valence-corrected chi connectivity index (χ0v) is 10.4. The topological polar surface area (TPSA) is 55.1 Å². The first-order chi connectivity index (χ1) is 7.40. The van der Waals surface area contributed by atoms with Crippen LogP contribution in [0.15, 0.2) is 18.2 Å². The van der Waals surface area contributed by atoms with E-state index in [4.69, 9.17) is 5.73 Å². The van der Waals surface area contributed by atoms with Crippen LogP contribution in [0.25, 0.3) is 0 Å². The highest BCUT2D eigenvalue weighted by Gasteiger charge is 2.18. The van der Waals surface area contributed by atoms with Crippen LogP contribution < -0.4 is 11.1 Å². The summed E-state index contributed by atoms with van der Waals surface area (Å²) in [6, 6.07) is 5.89. The number of carbonyl (C=O) groups is 1. The largest absolute Gasteiger partial charge is 0.368 e. The molecule has 1 atom stereocenters. The molecule has 0 saturated carbocycles. The van der Waals surface area contributed by atoms with Crippen molar-refractivity contribution in [2.45, 2.75) is 39.8 Å². The molecule has 3 nitrogen and oxygen atoms in total. The van der Waals surface area contributed by atoms with Gasteiger partial charge in [-0.25, -0.2) is 0 Å². The number of rotatable bonds is 4. The van der Waals surface area contributed by atoms with Crippen LogP contribution in [-0.4, -0.2) is 11.9 Å². The Morgan fingerprint density at radius 1 is 1.19 bits per heavy atom. The molecule has 0 aromatic heterocycles. The van der Waals surface area contributed by atoms with Crippen LogP contribution in [0.3, 0.4) is 0 Å². The Morgan fingerprint density at radius 3 is 2.06 bits per heavy atom. The number of carbonyl (C=O) groups excluding carboxylic acids is 1. The van der Waals surface area contributed by atoms with Crippen molar-refractivity contribution in [2.24, 2.45) is 5.73 Å². The van der Waals surface area contributed by atoms with E-state index in [0.29, 0.717) is 0 Å². The van der Waals surface area contributed by atoms with Gasteiger partial charge in [-0.3, -0.25) is 10.1 Å². The molecule has 0 radical (unpaired) electrons. The summed E-state index contributed by atoms with van der Waals surface area (Å²) in [7, 11) is 0. The van der Waals surface area contributed by atoms with E-state index in [1.165, 1.54) is 0 Å². The van der Waals surface area contributed by atoms with Gasteiger partial charge in [0.1, 0.15) is 6.04 Å². The molecule has 0 fully saturated rings. The lowest BCUT2D eigenvalue weighted by Gasteiger charge is -2.19. The van der Waals surface area contributed by atoms with E-state index < -0.39 is 6.04 Å². The van der Waals surface area contributed by atoms with Crippen molar-refractivity contribution in [3.8, 4) is 0 Å². The Labute approximate surface area is 97.0 Å². The van der Waals surface area contributed by atoms with Gasteiger partial charge in [-0.15, -0.1) is 0 Å². The van der Waals surface area contributed by atoms with Gasteiger partial charge in [0, 0.05) is 6.04 Å². The number of amides is 1. The molecule has 1 aromatic carbocycles. The third-order valence-electron chi connectivity index (χ3n) is 2.36. The summed E-state index contributed by atoms with van der Waals surface area (Å²) in [4.78, 5) is 11.4. The summed E-state index contributed by atoms with van der Waals surface area (Å²) >= 11 is 0. The molecule has 0 bridgehead atoms. The molecule has 0 spiro atoms. The molecular formula is C13H20N2O. The van der Waals surface area contributed by atoms with Crippen LogP contribution in [0.2, 0.25) is 0 Å². The van der Waals surface area contributed by atoms with E-state index in [1.54, 1.807) is 0 Å². The minimum absolute atomic E-state index is 0.221. The fraction of sp³-hybridized carbons (Fsp3) is 0.462. The first-order valence-electron chi connectivity index (χ1n) is 5.53. The Kier molecular flexibility index (Phi) is 4.07. The maximum Gasteiger partial charge on any atom is 0.239 e. The highest BCUT2D eigenvalue weighted by Crippen LogP contribution is 2.17. The molecule has 0 aliphatic carbocycles. The number of benzene rings is 1. The van der Waals surface area contributed by atoms with Crippen molar-refractivity contribution in [3.63, 3.8) is 0 Å². The second kappa shape index (κ2) is 5.12. The fourth-order valence-corrected chi connectivity index (χ4v) is 1.85. The van der Waals surface area contributed by atoms with Crippen LogP contribution in [0.5, 0.6) is 0 Å². The molecule has 0 aliphatic rings. The fourth-order valence-electron chi connectivity index (χ4n) is 1.85. The molecular weight excluding hydrogens is 200 g/mol. The van der Waals surface area contributed by atoms with Crippen LogP contribution in [0.4, 0.5) is 0 Å². The predicted octanol–water partition coefficient (Wildman–Crippen LogP) is 1.83. The van der Waals surface area contributed by atoms with E-state index in [1.807, 2.05) is 39.8 Å². The Balaban J connectivity index is 3.05. The number of nitrogens with two attached hydrogens (primary N) is 1. The van der Waals surface area contributed by atoms with E-state index in [0.717, 1.165) is 16.7 Å². The second-order valence-electron chi connectivity index (χ2n) is 4.58. The van der Waals surface area contributed by atoms with Gasteiger partial charge in [0.05, 0.1) is 0 Å². The molecule has 1 rings (SSSR count). The summed E-state index contributed by atoms with van der Waals surface area (Å²) in [5, 5.41) is 3.18. The average molecular weight is 220 g/mol. The minimum atomic E-state index is -0.404. The number of hydrogen-bond acceptors (Lipinski definition) is 2. The molecule has 0 aliphatic heterocycles. The van der Waals surface area contributed by atoms with Gasteiger partial charge < -0.3 is 5.73 Å². The van der Waals surface area contributed by atoms with Crippen molar-refractivity contribution in [2.75, 3.05) is 0 Å². The van der Waals surface area contributed by atoms with Crippen molar-refractivity contribution < 1.29 is 4.79 Å². The van der Waals surface area contributed by atoms with Gasteiger partial charge in [0.25, 0.3) is 0 Å². The van der Waals surface area contributed by atoms with Gasteiger partial charge in [0.15, 0.2) is 0 Å². The molecule has 3 N–H and O–H groups in total. The van der Waals surface area contributed by atoms with E-state index in [-0.39, 0.29) is 11.9 Å². The van der Waals surface area contributed by atoms with Crippen LogP contribution in [-0.2, 0) is 4.79 Å². The molecule has 3 heteroatoms. The maximum atomic E-state index is 11.4. The molecule has 0 saturated heterocycles. The molecule has 16 heavy (non-hydrogen) atoms. The lowest BCUT2D eigenvalue weighted by atomic mass is 10.0. The molecule has 1 aromatic rings.